The average molecular weight is 362 g/mol. The zero-order valence-electron chi connectivity index (χ0n) is 11.1. The Morgan fingerprint density at radius 2 is 1.91 bits per heavy atom. The molecule has 1 aliphatic heterocycles. The standard InChI is InChI=1S/C15H9BrFN3O2/c16-8-1-2-11(10(17)3-8)20-15-9-4-13-14(22-7-21-13)5-12(9)18-6-19-15/h1-6H,7H2,(H,18,19,20). The van der Waals surface area contributed by atoms with Gasteiger partial charge in [0.25, 0.3) is 0 Å². The van der Waals surface area contributed by atoms with Crippen LogP contribution in [0.3, 0.4) is 0 Å². The summed E-state index contributed by atoms with van der Waals surface area (Å²) in [5, 5.41) is 3.72. The Balaban J connectivity index is 1.81. The number of ether oxygens (including phenoxy) is 2. The molecule has 0 amide bonds. The zero-order valence-corrected chi connectivity index (χ0v) is 12.7. The molecule has 22 heavy (non-hydrogen) atoms. The highest BCUT2D eigenvalue weighted by Gasteiger charge is 2.17. The first kappa shape index (κ1) is 13.3. The lowest BCUT2D eigenvalue weighted by Gasteiger charge is -2.10. The predicted molar refractivity (Wildman–Crippen MR) is 83.0 cm³/mol. The number of hydrogen-bond donors (Lipinski definition) is 1. The molecule has 0 atom stereocenters. The second-order valence-electron chi connectivity index (χ2n) is 4.69. The van der Waals surface area contributed by atoms with Crippen molar-refractivity contribution in [3.05, 3.63) is 46.9 Å². The minimum atomic E-state index is -0.373. The normalized spacial score (nSPS) is 12.6. The van der Waals surface area contributed by atoms with Crippen LogP contribution in [0.4, 0.5) is 15.9 Å². The molecule has 3 aromatic rings. The van der Waals surface area contributed by atoms with Gasteiger partial charge in [-0.1, -0.05) is 15.9 Å². The highest BCUT2D eigenvalue weighted by atomic mass is 79.9. The molecule has 0 fully saturated rings. The summed E-state index contributed by atoms with van der Waals surface area (Å²) in [4.78, 5) is 8.40. The fraction of sp³-hybridized carbons (Fsp3) is 0.0667. The van der Waals surface area contributed by atoms with E-state index in [2.05, 4.69) is 31.2 Å². The summed E-state index contributed by atoms with van der Waals surface area (Å²) in [6.45, 7) is 0.184. The first-order chi connectivity index (χ1) is 10.7. The highest BCUT2D eigenvalue weighted by molar-refractivity contribution is 9.10. The first-order valence-electron chi connectivity index (χ1n) is 6.47. The summed E-state index contributed by atoms with van der Waals surface area (Å²) >= 11 is 3.23. The van der Waals surface area contributed by atoms with Crippen LogP contribution in [0.15, 0.2) is 41.1 Å². The van der Waals surface area contributed by atoms with E-state index in [1.54, 1.807) is 24.3 Å². The number of benzene rings is 2. The quantitative estimate of drug-likeness (QED) is 0.747. The summed E-state index contributed by atoms with van der Waals surface area (Å²) in [5.41, 5.74) is 1.03. The van der Waals surface area contributed by atoms with Gasteiger partial charge in [0.2, 0.25) is 6.79 Å². The number of fused-ring (bicyclic) bond motifs is 2. The molecule has 1 aliphatic rings. The van der Waals surface area contributed by atoms with Crippen LogP contribution in [0.25, 0.3) is 10.9 Å². The van der Waals surface area contributed by atoms with Crippen molar-refractivity contribution in [1.29, 1.82) is 0 Å². The van der Waals surface area contributed by atoms with Crippen LogP contribution in [0.2, 0.25) is 0 Å². The number of hydrogen-bond acceptors (Lipinski definition) is 5. The number of nitrogens with one attached hydrogen (secondary N) is 1. The summed E-state index contributed by atoms with van der Waals surface area (Å²) in [6.07, 6.45) is 1.42. The van der Waals surface area contributed by atoms with Gasteiger partial charge >= 0.3 is 0 Å². The molecule has 7 heteroatoms. The maximum atomic E-state index is 14.0. The van der Waals surface area contributed by atoms with Gasteiger partial charge in [0.1, 0.15) is 18.0 Å². The third-order valence-electron chi connectivity index (χ3n) is 3.31. The number of nitrogens with zero attached hydrogens (tertiary/aromatic N) is 2. The van der Waals surface area contributed by atoms with Gasteiger partial charge in [-0.3, -0.25) is 0 Å². The van der Waals surface area contributed by atoms with Crippen molar-refractivity contribution in [3.63, 3.8) is 0 Å². The Kier molecular flexibility index (Phi) is 3.07. The van der Waals surface area contributed by atoms with E-state index in [9.17, 15) is 4.39 Å². The maximum Gasteiger partial charge on any atom is 0.231 e. The van der Waals surface area contributed by atoms with E-state index in [4.69, 9.17) is 9.47 Å². The van der Waals surface area contributed by atoms with Crippen molar-refractivity contribution in [3.8, 4) is 11.5 Å². The molecule has 110 valence electrons. The molecule has 1 N–H and O–H groups in total. The van der Waals surface area contributed by atoms with Crippen molar-refractivity contribution in [2.75, 3.05) is 12.1 Å². The van der Waals surface area contributed by atoms with Crippen LogP contribution >= 0.6 is 15.9 Å². The monoisotopic (exact) mass is 361 g/mol. The van der Waals surface area contributed by atoms with Crippen molar-refractivity contribution >= 4 is 38.3 Å². The highest BCUT2D eigenvalue weighted by Crippen LogP contribution is 2.37. The molecular formula is C15H9BrFN3O2. The van der Waals surface area contributed by atoms with E-state index in [0.717, 1.165) is 5.39 Å². The average Bonchev–Trinajstić information content (AvgIpc) is 2.95. The van der Waals surface area contributed by atoms with Gasteiger partial charge in [-0.2, -0.15) is 0 Å². The number of aromatic nitrogens is 2. The fourth-order valence-corrected chi connectivity index (χ4v) is 2.60. The summed E-state index contributed by atoms with van der Waals surface area (Å²) in [7, 11) is 0. The Morgan fingerprint density at radius 3 is 2.73 bits per heavy atom. The van der Waals surface area contributed by atoms with Crippen LogP contribution in [0.5, 0.6) is 11.5 Å². The lowest BCUT2D eigenvalue weighted by Crippen LogP contribution is -1.98. The van der Waals surface area contributed by atoms with Gasteiger partial charge in [0.05, 0.1) is 11.2 Å². The smallest absolute Gasteiger partial charge is 0.231 e. The Labute approximate surface area is 133 Å². The van der Waals surface area contributed by atoms with Crippen molar-refractivity contribution in [1.82, 2.24) is 9.97 Å². The van der Waals surface area contributed by atoms with E-state index in [-0.39, 0.29) is 12.6 Å². The summed E-state index contributed by atoms with van der Waals surface area (Å²) in [6, 6.07) is 8.35. The molecule has 0 saturated carbocycles. The molecule has 0 aliphatic carbocycles. The van der Waals surface area contributed by atoms with E-state index in [1.807, 2.05) is 0 Å². The molecule has 0 saturated heterocycles. The third kappa shape index (κ3) is 2.23. The molecule has 2 aromatic carbocycles. The maximum absolute atomic E-state index is 14.0. The second-order valence-corrected chi connectivity index (χ2v) is 5.61. The number of halogens is 2. The molecule has 0 bridgehead atoms. The first-order valence-corrected chi connectivity index (χ1v) is 7.26. The minimum absolute atomic E-state index is 0.184. The molecule has 0 unspecified atom stereocenters. The van der Waals surface area contributed by atoms with Crippen LogP contribution < -0.4 is 14.8 Å². The van der Waals surface area contributed by atoms with Crippen molar-refractivity contribution in [2.45, 2.75) is 0 Å². The molecule has 2 heterocycles. The van der Waals surface area contributed by atoms with E-state index in [1.165, 1.54) is 12.4 Å². The largest absolute Gasteiger partial charge is 0.454 e. The fourth-order valence-electron chi connectivity index (χ4n) is 2.26. The van der Waals surface area contributed by atoms with Gasteiger partial charge in [0.15, 0.2) is 11.5 Å². The lowest BCUT2D eigenvalue weighted by atomic mass is 10.2. The molecule has 0 radical (unpaired) electrons. The van der Waals surface area contributed by atoms with E-state index >= 15 is 0 Å². The molecule has 4 rings (SSSR count). The Bertz CT molecular complexity index is 888. The van der Waals surface area contributed by atoms with Crippen LogP contribution in [-0.2, 0) is 0 Å². The van der Waals surface area contributed by atoms with Crippen molar-refractivity contribution in [2.24, 2.45) is 0 Å². The molecule has 5 nitrogen and oxygen atoms in total. The van der Waals surface area contributed by atoms with Crippen LogP contribution in [0.1, 0.15) is 0 Å². The van der Waals surface area contributed by atoms with Crippen molar-refractivity contribution < 1.29 is 13.9 Å². The van der Waals surface area contributed by atoms with Gasteiger partial charge in [-0.25, -0.2) is 14.4 Å². The predicted octanol–water partition coefficient (Wildman–Crippen LogP) is 4.00. The van der Waals surface area contributed by atoms with Crippen LogP contribution in [0, 0.1) is 5.82 Å². The third-order valence-corrected chi connectivity index (χ3v) is 3.81. The van der Waals surface area contributed by atoms with Gasteiger partial charge in [-0.05, 0) is 24.3 Å². The lowest BCUT2D eigenvalue weighted by molar-refractivity contribution is 0.174. The SMILES string of the molecule is Fc1cc(Br)ccc1Nc1ncnc2cc3c(cc12)OCO3. The van der Waals surface area contributed by atoms with Gasteiger partial charge in [0, 0.05) is 15.9 Å². The Morgan fingerprint density at radius 1 is 1.09 bits per heavy atom. The van der Waals surface area contributed by atoms with Gasteiger partial charge < -0.3 is 14.8 Å². The number of anilines is 2. The minimum Gasteiger partial charge on any atom is -0.454 e. The number of rotatable bonds is 2. The summed E-state index contributed by atoms with van der Waals surface area (Å²) < 4.78 is 25.3. The molecule has 1 aromatic heterocycles. The molecule has 0 spiro atoms. The zero-order chi connectivity index (χ0) is 15.1. The Hall–Kier alpha value is -2.41. The topological polar surface area (TPSA) is 56.3 Å². The van der Waals surface area contributed by atoms with Gasteiger partial charge in [-0.15, -0.1) is 0 Å². The second kappa shape index (κ2) is 5.10. The van der Waals surface area contributed by atoms with Crippen LogP contribution in [-0.4, -0.2) is 16.8 Å². The van der Waals surface area contributed by atoms with E-state index in [0.29, 0.717) is 33.0 Å². The summed E-state index contributed by atoms with van der Waals surface area (Å²) in [5.74, 6) is 1.40. The van der Waals surface area contributed by atoms with E-state index < -0.39 is 0 Å². The molecular weight excluding hydrogens is 353 g/mol.